The number of ketones is 1. The second kappa shape index (κ2) is 5.52. The molecular formula is C15H9F3O. The SMILES string of the molecule is O=C(/C=C/c1ccc(F)c(F)c1)c1ccccc1F. The predicted molar refractivity (Wildman–Crippen MR) is 66.1 cm³/mol. The van der Waals surface area contributed by atoms with E-state index in [-0.39, 0.29) is 5.56 Å². The molecule has 0 bridgehead atoms. The highest BCUT2D eigenvalue weighted by Gasteiger charge is 2.07. The first-order valence-electron chi connectivity index (χ1n) is 5.50. The summed E-state index contributed by atoms with van der Waals surface area (Å²) < 4.78 is 39.0. The first-order valence-corrected chi connectivity index (χ1v) is 5.50. The Kier molecular flexibility index (Phi) is 3.80. The minimum absolute atomic E-state index is 0.0682. The van der Waals surface area contributed by atoms with Gasteiger partial charge in [-0.3, -0.25) is 4.79 Å². The quantitative estimate of drug-likeness (QED) is 0.603. The van der Waals surface area contributed by atoms with Gasteiger partial charge in [0, 0.05) is 0 Å². The molecule has 0 N–H and O–H groups in total. The van der Waals surface area contributed by atoms with E-state index in [1.54, 1.807) is 6.07 Å². The minimum atomic E-state index is -1.000. The lowest BCUT2D eigenvalue weighted by Crippen LogP contribution is -1.97. The molecular weight excluding hydrogens is 253 g/mol. The van der Waals surface area contributed by atoms with Gasteiger partial charge in [-0.2, -0.15) is 0 Å². The van der Waals surface area contributed by atoms with E-state index < -0.39 is 23.2 Å². The second-order valence-electron chi connectivity index (χ2n) is 3.85. The van der Waals surface area contributed by atoms with Gasteiger partial charge in [0.25, 0.3) is 0 Å². The van der Waals surface area contributed by atoms with Gasteiger partial charge >= 0.3 is 0 Å². The number of hydrogen-bond acceptors (Lipinski definition) is 1. The molecule has 0 saturated carbocycles. The maximum Gasteiger partial charge on any atom is 0.188 e. The molecule has 4 heteroatoms. The molecule has 1 nitrogen and oxygen atoms in total. The number of allylic oxidation sites excluding steroid dienone is 1. The number of hydrogen-bond donors (Lipinski definition) is 0. The molecule has 19 heavy (non-hydrogen) atoms. The number of carbonyl (C=O) groups is 1. The third-order valence-electron chi connectivity index (χ3n) is 2.51. The zero-order chi connectivity index (χ0) is 13.8. The van der Waals surface area contributed by atoms with Crippen molar-refractivity contribution in [3.8, 4) is 0 Å². The van der Waals surface area contributed by atoms with E-state index in [1.807, 2.05) is 0 Å². The normalized spacial score (nSPS) is 10.9. The van der Waals surface area contributed by atoms with Crippen molar-refractivity contribution >= 4 is 11.9 Å². The molecule has 0 radical (unpaired) electrons. The van der Waals surface area contributed by atoms with Crippen molar-refractivity contribution in [3.63, 3.8) is 0 Å². The summed E-state index contributed by atoms with van der Waals surface area (Å²) in [6, 6.07) is 8.80. The zero-order valence-electron chi connectivity index (χ0n) is 9.74. The molecule has 0 amide bonds. The lowest BCUT2D eigenvalue weighted by molar-refractivity contribution is 0.104. The Hall–Kier alpha value is -2.36. The summed E-state index contributed by atoms with van der Waals surface area (Å²) in [6.07, 6.45) is 2.42. The van der Waals surface area contributed by atoms with E-state index >= 15 is 0 Å². The van der Waals surface area contributed by atoms with Crippen LogP contribution in [-0.2, 0) is 0 Å². The summed E-state index contributed by atoms with van der Waals surface area (Å²) in [4.78, 5) is 11.7. The van der Waals surface area contributed by atoms with Crippen molar-refractivity contribution in [2.75, 3.05) is 0 Å². The molecule has 0 atom stereocenters. The van der Waals surface area contributed by atoms with E-state index in [0.717, 1.165) is 18.2 Å². The molecule has 0 spiro atoms. The van der Waals surface area contributed by atoms with Crippen LogP contribution in [0.2, 0.25) is 0 Å². The number of benzene rings is 2. The average molecular weight is 262 g/mol. The molecule has 0 aliphatic heterocycles. The Morgan fingerprint density at radius 2 is 1.63 bits per heavy atom. The van der Waals surface area contributed by atoms with Crippen LogP contribution in [0.5, 0.6) is 0 Å². The third kappa shape index (κ3) is 3.10. The Bertz CT molecular complexity index is 648. The zero-order valence-corrected chi connectivity index (χ0v) is 9.74. The molecule has 0 aromatic heterocycles. The standard InChI is InChI=1S/C15H9F3O/c16-12-4-2-1-3-11(12)15(19)8-6-10-5-7-13(17)14(18)9-10/h1-9H/b8-6+. The summed E-state index contributed by atoms with van der Waals surface area (Å²) in [5.41, 5.74) is 0.255. The van der Waals surface area contributed by atoms with Gasteiger partial charge in [0.05, 0.1) is 5.56 Å². The van der Waals surface area contributed by atoms with Crippen LogP contribution in [-0.4, -0.2) is 5.78 Å². The van der Waals surface area contributed by atoms with Crippen LogP contribution in [0.3, 0.4) is 0 Å². The van der Waals surface area contributed by atoms with Crippen molar-refractivity contribution in [1.29, 1.82) is 0 Å². The van der Waals surface area contributed by atoms with E-state index in [4.69, 9.17) is 0 Å². The largest absolute Gasteiger partial charge is 0.289 e. The molecule has 96 valence electrons. The Morgan fingerprint density at radius 3 is 2.32 bits per heavy atom. The highest BCUT2D eigenvalue weighted by molar-refractivity contribution is 6.06. The van der Waals surface area contributed by atoms with Crippen LogP contribution < -0.4 is 0 Å². The fourth-order valence-corrected chi connectivity index (χ4v) is 1.54. The monoisotopic (exact) mass is 262 g/mol. The smallest absolute Gasteiger partial charge is 0.188 e. The predicted octanol–water partition coefficient (Wildman–Crippen LogP) is 4.00. The highest BCUT2D eigenvalue weighted by atomic mass is 19.2. The van der Waals surface area contributed by atoms with Crippen LogP contribution in [0.25, 0.3) is 6.08 Å². The summed E-state index contributed by atoms with van der Waals surface area (Å²) >= 11 is 0. The maximum absolute atomic E-state index is 13.3. The van der Waals surface area contributed by atoms with E-state index in [1.165, 1.54) is 30.3 Å². The lowest BCUT2D eigenvalue weighted by Gasteiger charge is -1.98. The second-order valence-corrected chi connectivity index (χ2v) is 3.85. The van der Waals surface area contributed by atoms with Crippen LogP contribution in [0, 0.1) is 17.5 Å². The first kappa shape index (κ1) is 13.1. The van der Waals surface area contributed by atoms with Crippen LogP contribution in [0.15, 0.2) is 48.5 Å². The van der Waals surface area contributed by atoms with Gasteiger partial charge in [-0.1, -0.05) is 24.3 Å². The third-order valence-corrected chi connectivity index (χ3v) is 2.51. The molecule has 2 aromatic carbocycles. The molecule has 0 aliphatic carbocycles. The maximum atomic E-state index is 13.3. The minimum Gasteiger partial charge on any atom is -0.289 e. The molecule has 0 aliphatic rings. The van der Waals surface area contributed by atoms with Crippen LogP contribution >= 0.6 is 0 Å². The molecule has 2 rings (SSSR count). The van der Waals surface area contributed by atoms with Crippen LogP contribution in [0.1, 0.15) is 15.9 Å². The number of carbonyl (C=O) groups excluding carboxylic acids is 1. The number of rotatable bonds is 3. The molecule has 0 heterocycles. The van der Waals surface area contributed by atoms with Crippen molar-refractivity contribution in [2.24, 2.45) is 0 Å². The first-order chi connectivity index (χ1) is 9.08. The van der Waals surface area contributed by atoms with Gasteiger partial charge in [-0.05, 0) is 35.9 Å². The van der Waals surface area contributed by atoms with Crippen LogP contribution in [0.4, 0.5) is 13.2 Å². The van der Waals surface area contributed by atoms with Gasteiger partial charge in [-0.25, -0.2) is 13.2 Å². The molecule has 0 unspecified atom stereocenters. The summed E-state index contributed by atoms with van der Waals surface area (Å²) in [6.45, 7) is 0. The van der Waals surface area contributed by atoms with Gasteiger partial charge in [-0.15, -0.1) is 0 Å². The van der Waals surface area contributed by atoms with E-state index in [2.05, 4.69) is 0 Å². The topological polar surface area (TPSA) is 17.1 Å². The summed E-state index contributed by atoms with van der Waals surface area (Å²) in [7, 11) is 0. The summed E-state index contributed by atoms with van der Waals surface area (Å²) in [5.74, 6) is -3.12. The van der Waals surface area contributed by atoms with Crippen molar-refractivity contribution in [3.05, 3.63) is 77.1 Å². The molecule has 0 fully saturated rings. The Labute approximate surface area is 108 Å². The van der Waals surface area contributed by atoms with Gasteiger partial charge in [0.2, 0.25) is 0 Å². The fourth-order valence-electron chi connectivity index (χ4n) is 1.54. The van der Waals surface area contributed by atoms with E-state index in [9.17, 15) is 18.0 Å². The van der Waals surface area contributed by atoms with Crippen molar-refractivity contribution in [1.82, 2.24) is 0 Å². The van der Waals surface area contributed by atoms with Gasteiger partial charge in [0.15, 0.2) is 17.4 Å². The lowest BCUT2D eigenvalue weighted by atomic mass is 10.1. The Morgan fingerprint density at radius 1 is 0.895 bits per heavy atom. The Balaban J connectivity index is 2.21. The van der Waals surface area contributed by atoms with E-state index in [0.29, 0.717) is 5.56 Å². The van der Waals surface area contributed by atoms with Crippen molar-refractivity contribution < 1.29 is 18.0 Å². The average Bonchev–Trinajstić information content (AvgIpc) is 2.40. The fraction of sp³-hybridized carbons (Fsp3) is 0. The highest BCUT2D eigenvalue weighted by Crippen LogP contribution is 2.12. The van der Waals surface area contributed by atoms with Gasteiger partial charge < -0.3 is 0 Å². The molecule has 2 aromatic rings. The number of halogens is 3. The van der Waals surface area contributed by atoms with Crippen molar-refractivity contribution in [2.45, 2.75) is 0 Å². The van der Waals surface area contributed by atoms with Gasteiger partial charge in [0.1, 0.15) is 5.82 Å². The molecule has 0 saturated heterocycles. The summed E-state index contributed by atoms with van der Waals surface area (Å²) in [5, 5.41) is 0.